The highest BCUT2D eigenvalue weighted by Gasteiger charge is 2.25. The number of hydrogen-bond donors (Lipinski definition) is 1. The first-order chi connectivity index (χ1) is 12.6. The molecule has 138 valence electrons. The van der Waals surface area contributed by atoms with Crippen LogP contribution in [0.4, 0.5) is 5.82 Å². The monoisotopic (exact) mass is 356 g/mol. The lowest BCUT2D eigenvalue weighted by atomic mass is 10.0. The molecule has 1 aliphatic heterocycles. The van der Waals surface area contributed by atoms with Gasteiger partial charge in [-0.3, -0.25) is 9.59 Å². The molecule has 1 fully saturated rings. The van der Waals surface area contributed by atoms with E-state index in [9.17, 15) is 9.59 Å². The maximum absolute atomic E-state index is 12.5. The average molecular weight is 356 g/mol. The average Bonchev–Trinajstić information content (AvgIpc) is 3.15. The fraction of sp³-hybridized carbons (Fsp3) is 0.421. The standard InChI is InChI=1S/C19H24N4O3/c1-3-18(24)22-12-9-15(10-13-22)23-17(8-11-20-23)21-19(25)14-4-6-16(26-2)7-5-14/h4-8,11,15H,3,9-10,12-13H2,1-2H3,(H,21,25). The molecule has 1 aromatic heterocycles. The number of hydrogen-bond acceptors (Lipinski definition) is 4. The summed E-state index contributed by atoms with van der Waals surface area (Å²) in [5.74, 6) is 1.39. The van der Waals surface area contributed by atoms with Crippen LogP contribution in [-0.2, 0) is 4.79 Å². The maximum atomic E-state index is 12.5. The zero-order valence-corrected chi connectivity index (χ0v) is 15.1. The van der Waals surface area contributed by atoms with Crippen LogP contribution in [0.25, 0.3) is 0 Å². The van der Waals surface area contributed by atoms with E-state index in [2.05, 4.69) is 10.4 Å². The number of methoxy groups -OCH3 is 1. The summed E-state index contributed by atoms with van der Waals surface area (Å²) in [4.78, 5) is 26.2. The lowest BCUT2D eigenvalue weighted by Crippen LogP contribution is -2.39. The minimum absolute atomic E-state index is 0.178. The molecule has 26 heavy (non-hydrogen) atoms. The van der Waals surface area contributed by atoms with Crippen molar-refractivity contribution in [2.45, 2.75) is 32.2 Å². The summed E-state index contributed by atoms with van der Waals surface area (Å²) < 4.78 is 6.97. The van der Waals surface area contributed by atoms with Crippen LogP contribution in [0, 0.1) is 0 Å². The van der Waals surface area contributed by atoms with E-state index in [0.29, 0.717) is 23.6 Å². The number of piperidine rings is 1. The number of rotatable bonds is 5. The summed E-state index contributed by atoms with van der Waals surface area (Å²) >= 11 is 0. The van der Waals surface area contributed by atoms with Crippen molar-refractivity contribution in [1.29, 1.82) is 0 Å². The second kappa shape index (κ2) is 8.03. The highest BCUT2D eigenvalue weighted by atomic mass is 16.5. The fourth-order valence-corrected chi connectivity index (χ4v) is 3.22. The maximum Gasteiger partial charge on any atom is 0.256 e. The largest absolute Gasteiger partial charge is 0.497 e. The van der Waals surface area contributed by atoms with Gasteiger partial charge in [0, 0.05) is 31.1 Å². The minimum Gasteiger partial charge on any atom is -0.497 e. The van der Waals surface area contributed by atoms with Gasteiger partial charge < -0.3 is 15.0 Å². The van der Waals surface area contributed by atoms with Crippen molar-refractivity contribution in [2.24, 2.45) is 0 Å². The Labute approximate surface area is 152 Å². The Hall–Kier alpha value is -2.83. The van der Waals surface area contributed by atoms with Crippen molar-refractivity contribution < 1.29 is 14.3 Å². The molecule has 1 aromatic carbocycles. The molecule has 0 spiro atoms. The fourth-order valence-electron chi connectivity index (χ4n) is 3.22. The molecule has 2 heterocycles. The number of anilines is 1. The number of carbonyl (C=O) groups excluding carboxylic acids is 2. The van der Waals surface area contributed by atoms with E-state index in [1.165, 1.54) is 0 Å². The van der Waals surface area contributed by atoms with Gasteiger partial charge in [-0.1, -0.05) is 6.92 Å². The van der Waals surface area contributed by atoms with Crippen molar-refractivity contribution >= 4 is 17.6 Å². The predicted molar refractivity (Wildman–Crippen MR) is 98.3 cm³/mol. The summed E-state index contributed by atoms with van der Waals surface area (Å²) in [5.41, 5.74) is 0.557. The number of amides is 2. The van der Waals surface area contributed by atoms with Gasteiger partial charge in [0.25, 0.3) is 5.91 Å². The molecule has 0 aliphatic carbocycles. The molecular formula is C19H24N4O3. The molecule has 2 amide bonds. The first-order valence-corrected chi connectivity index (χ1v) is 8.89. The van der Waals surface area contributed by atoms with Gasteiger partial charge in [-0.25, -0.2) is 4.68 Å². The number of ether oxygens (including phenoxy) is 1. The van der Waals surface area contributed by atoms with Gasteiger partial charge in [0.15, 0.2) is 0 Å². The molecule has 0 radical (unpaired) electrons. The Morgan fingerprint density at radius 2 is 1.88 bits per heavy atom. The van der Waals surface area contributed by atoms with Crippen LogP contribution in [0.1, 0.15) is 42.6 Å². The molecule has 0 saturated carbocycles. The highest BCUT2D eigenvalue weighted by molar-refractivity contribution is 6.03. The number of aromatic nitrogens is 2. The Balaban J connectivity index is 1.65. The van der Waals surface area contributed by atoms with Gasteiger partial charge in [0.05, 0.1) is 19.3 Å². The topological polar surface area (TPSA) is 76.5 Å². The van der Waals surface area contributed by atoms with Crippen molar-refractivity contribution in [3.63, 3.8) is 0 Å². The Morgan fingerprint density at radius 1 is 1.19 bits per heavy atom. The summed E-state index contributed by atoms with van der Waals surface area (Å²) in [6, 6.07) is 8.94. The van der Waals surface area contributed by atoms with E-state index in [0.717, 1.165) is 25.9 Å². The van der Waals surface area contributed by atoms with E-state index in [1.54, 1.807) is 43.6 Å². The minimum atomic E-state index is -0.187. The molecule has 2 aromatic rings. The smallest absolute Gasteiger partial charge is 0.256 e. The zero-order valence-electron chi connectivity index (χ0n) is 15.1. The van der Waals surface area contributed by atoms with Crippen LogP contribution in [-0.4, -0.2) is 46.7 Å². The predicted octanol–water partition coefficient (Wildman–Crippen LogP) is 2.72. The molecule has 1 aliphatic rings. The van der Waals surface area contributed by atoms with Crippen molar-refractivity contribution in [3.05, 3.63) is 42.1 Å². The summed E-state index contributed by atoms with van der Waals surface area (Å²) in [5, 5.41) is 7.31. The molecule has 0 bridgehead atoms. The van der Waals surface area contributed by atoms with Gasteiger partial charge >= 0.3 is 0 Å². The Bertz CT molecular complexity index is 761. The van der Waals surface area contributed by atoms with Gasteiger partial charge in [0.2, 0.25) is 5.91 Å². The second-order valence-corrected chi connectivity index (χ2v) is 6.31. The third kappa shape index (κ3) is 3.87. The normalized spacial score (nSPS) is 14.9. The third-order valence-electron chi connectivity index (χ3n) is 4.73. The number of nitrogens with one attached hydrogen (secondary N) is 1. The van der Waals surface area contributed by atoms with Crippen molar-refractivity contribution in [1.82, 2.24) is 14.7 Å². The van der Waals surface area contributed by atoms with Crippen molar-refractivity contribution in [2.75, 3.05) is 25.5 Å². The lowest BCUT2D eigenvalue weighted by molar-refractivity contribution is -0.132. The zero-order chi connectivity index (χ0) is 18.5. The third-order valence-corrected chi connectivity index (χ3v) is 4.73. The van der Waals surface area contributed by atoms with Gasteiger partial charge in [0.1, 0.15) is 11.6 Å². The van der Waals surface area contributed by atoms with E-state index in [-0.39, 0.29) is 17.9 Å². The van der Waals surface area contributed by atoms with Crippen LogP contribution < -0.4 is 10.1 Å². The number of carbonyl (C=O) groups is 2. The van der Waals surface area contributed by atoms with Gasteiger partial charge in [-0.05, 0) is 37.1 Å². The lowest BCUT2D eigenvalue weighted by Gasteiger charge is -2.32. The second-order valence-electron chi connectivity index (χ2n) is 6.31. The first kappa shape index (κ1) is 18.0. The van der Waals surface area contributed by atoms with Crippen molar-refractivity contribution in [3.8, 4) is 5.75 Å². The molecule has 1 saturated heterocycles. The first-order valence-electron chi connectivity index (χ1n) is 8.89. The SMILES string of the molecule is CCC(=O)N1CCC(n2nccc2NC(=O)c2ccc(OC)cc2)CC1. The van der Waals surface area contributed by atoms with Crippen LogP contribution in [0.5, 0.6) is 5.75 Å². The quantitative estimate of drug-likeness (QED) is 0.894. The molecule has 3 rings (SSSR count). The Kier molecular flexibility index (Phi) is 5.55. The molecule has 7 heteroatoms. The van der Waals surface area contributed by atoms with E-state index in [1.807, 2.05) is 16.5 Å². The van der Waals surface area contributed by atoms with Gasteiger partial charge in [-0.15, -0.1) is 0 Å². The number of nitrogens with zero attached hydrogens (tertiary/aromatic N) is 3. The molecule has 0 unspecified atom stereocenters. The van der Waals surface area contributed by atoms with Crippen LogP contribution in [0.2, 0.25) is 0 Å². The molecule has 7 nitrogen and oxygen atoms in total. The van der Waals surface area contributed by atoms with Crippen LogP contribution in [0.15, 0.2) is 36.5 Å². The number of likely N-dealkylation sites (tertiary alicyclic amines) is 1. The van der Waals surface area contributed by atoms with E-state index < -0.39 is 0 Å². The van der Waals surface area contributed by atoms with E-state index in [4.69, 9.17) is 4.74 Å². The summed E-state index contributed by atoms with van der Waals surface area (Å²) in [6.45, 7) is 3.33. The molecule has 1 N–H and O–H groups in total. The number of benzene rings is 1. The molecule has 0 atom stereocenters. The summed E-state index contributed by atoms with van der Waals surface area (Å²) in [7, 11) is 1.59. The highest BCUT2D eigenvalue weighted by Crippen LogP contribution is 2.26. The van der Waals surface area contributed by atoms with Gasteiger partial charge in [-0.2, -0.15) is 5.10 Å². The van der Waals surface area contributed by atoms with E-state index >= 15 is 0 Å². The Morgan fingerprint density at radius 3 is 2.50 bits per heavy atom. The molecular weight excluding hydrogens is 332 g/mol. The van der Waals surface area contributed by atoms with Crippen LogP contribution >= 0.6 is 0 Å². The summed E-state index contributed by atoms with van der Waals surface area (Å²) in [6.07, 6.45) is 3.89. The van der Waals surface area contributed by atoms with Crippen LogP contribution in [0.3, 0.4) is 0 Å².